The fraction of sp³-hybridized carbons (Fsp3) is 0.500. The number of nitrogens with zero attached hydrogens (tertiary/aromatic N) is 3. The van der Waals surface area contributed by atoms with Gasteiger partial charge in [-0.2, -0.15) is 13.2 Å². The summed E-state index contributed by atoms with van der Waals surface area (Å²) in [5.74, 6) is 0.350. The lowest BCUT2D eigenvalue weighted by molar-refractivity contribution is -0.123. The molecule has 11 heteroatoms. The van der Waals surface area contributed by atoms with Gasteiger partial charge in [0, 0.05) is 30.7 Å². The fourth-order valence-electron chi connectivity index (χ4n) is 3.90. The summed E-state index contributed by atoms with van der Waals surface area (Å²) >= 11 is 0. The lowest BCUT2D eigenvalue weighted by atomic mass is 9.98. The third kappa shape index (κ3) is 5.33. The highest BCUT2D eigenvalue weighted by molar-refractivity contribution is 5.80. The summed E-state index contributed by atoms with van der Waals surface area (Å²) in [5, 5.41) is 15.7. The molecule has 2 fully saturated rings. The molecule has 3 aliphatic rings. The van der Waals surface area contributed by atoms with Crippen LogP contribution in [0.15, 0.2) is 30.2 Å². The van der Waals surface area contributed by atoms with E-state index in [2.05, 4.69) is 20.6 Å². The number of nitrogens with one attached hydrogen (secondary N) is 4. The molecule has 8 nitrogen and oxygen atoms in total. The summed E-state index contributed by atoms with van der Waals surface area (Å²) in [7, 11) is 0. The van der Waals surface area contributed by atoms with E-state index in [0.717, 1.165) is 24.8 Å². The highest BCUT2D eigenvalue weighted by Crippen LogP contribution is 2.38. The van der Waals surface area contributed by atoms with Crippen molar-refractivity contribution in [1.29, 1.82) is 5.41 Å². The average molecular weight is 435 g/mol. The Morgan fingerprint density at radius 1 is 1.29 bits per heavy atom. The molecule has 0 radical (unpaired) electrons. The van der Waals surface area contributed by atoms with Crippen LogP contribution in [0.2, 0.25) is 0 Å². The first-order valence-corrected chi connectivity index (χ1v) is 10.2. The standard InChI is InChI=1S/C20H24F3N7O/c21-20(22,23)11-27-19(31)30-15-3-4-16(30)8-12(7-15)17-5-6-25-18(29-17)28-14(9-24)10-26-13-1-2-13/h5-7,9-10,13,15-16,24,26H,1-4,8,11H2,(H,27,31)(H,25,28,29)/b14-10+,24-9?. The van der Waals surface area contributed by atoms with Gasteiger partial charge in [0.25, 0.3) is 0 Å². The molecule has 1 aliphatic carbocycles. The van der Waals surface area contributed by atoms with Crippen molar-refractivity contribution in [2.24, 2.45) is 0 Å². The molecule has 1 aromatic heterocycles. The van der Waals surface area contributed by atoms with Gasteiger partial charge < -0.3 is 26.3 Å². The van der Waals surface area contributed by atoms with Gasteiger partial charge in [0.2, 0.25) is 5.95 Å². The minimum Gasteiger partial charge on any atom is -0.386 e. The molecular weight excluding hydrogens is 411 g/mol. The second-order valence-corrected chi connectivity index (χ2v) is 7.95. The zero-order valence-electron chi connectivity index (χ0n) is 16.7. The van der Waals surface area contributed by atoms with Crippen LogP contribution in [0.1, 0.15) is 37.8 Å². The first-order chi connectivity index (χ1) is 14.8. The van der Waals surface area contributed by atoms with Crippen LogP contribution in [0.25, 0.3) is 5.57 Å². The lowest BCUT2D eigenvalue weighted by Crippen LogP contribution is -2.50. The Labute approximate surface area is 177 Å². The lowest BCUT2D eigenvalue weighted by Gasteiger charge is -2.34. The van der Waals surface area contributed by atoms with Crippen LogP contribution in [0.3, 0.4) is 0 Å². The molecule has 4 N–H and O–H groups in total. The zero-order valence-corrected chi connectivity index (χ0v) is 16.7. The predicted octanol–water partition coefficient (Wildman–Crippen LogP) is 3.02. The summed E-state index contributed by atoms with van der Waals surface area (Å²) in [6.07, 6.45) is 6.20. The number of hydrogen-bond donors (Lipinski definition) is 4. The van der Waals surface area contributed by atoms with Crippen molar-refractivity contribution in [2.45, 2.75) is 56.4 Å². The van der Waals surface area contributed by atoms with Gasteiger partial charge in [-0.05, 0) is 43.7 Å². The fourth-order valence-corrected chi connectivity index (χ4v) is 3.90. The van der Waals surface area contributed by atoms with Crippen molar-refractivity contribution < 1.29 is 18.0 Å². The SMILES string of the molecule is N=C/C(=C\NC1CC1)Nc1nccc(C2=CC3CCC(C2)N3C(=O)NCC(F)(F)F)n1. The molecule has 31 heavy (non-hydrogen) atoms. The van der Waals surface area contributed by atoms with E-state index in [-0.39, 0.29) is 12.1 Å². The number of fused-ring (bicyclic) bond motifs is 2. The Morgan fingerprint density at radius 2 is 2.10 bits per heavy atom. The van der Waals surface area contributed by atoms with Crippen LogP contribution in [-0.2, 0) is 0 Å². The molecule has 166 valence electrons. The van der Waals surface area contributed by atoms with E-state index in [9.17, 15) is 18.0 Å². The van der Waals surface area contributed by atoms with Gasteiger partial charge in [-0.1, -0.05) is 6.08 Å². The van der Waals surface area contributed by atoms with Crippen LogP contribution in [0.5, 0.6) is 0 Å². The monoisotopic (exact) mass is 435 g/mol. The number of amides is 2. The molecule has 0 aromatic carbocycles. The molecular formula is C20H24F3N7O. The van der Waals surface area contributed by atoms with Crippen LogP contribution < -0.4 is 16.0 Å². The van der Waals surface area contributed by atoms with Gasteiger partial charge in [0.15, 0.2) is 0 Å². The van der Waals surface area contributed by atoms with E-state index in [4.69, 9.17) is 5.41 Å². The molecule has 1 saturated carbocycles. The van der Waals surface area contributed by atoms with E-state index < -0.39 is 18.8 Å². The number of carbonyl (C=O) groups excluding carboxylic acids is 1. The van der Waals surface area contributed by atoms with Gasteiger partial charge in [0.1, 0.15) is 6.54 Å². The third-order valence-electron chi connectivity index (χ3n) is 5.52. The Morgan fingerprint density at radius 3 is 2.77 bits per heavy atom. The highest BCUT2D eigenvalue weighted by Gasteiger charge is 2.41. The van der Waals surface area contributed by atoms with Crippen LogP contribution in [0, 0.1) is 5.41 Å². The van der Waals surface area contributed by atoms with Crippen molar-refractivity contribution in [3.63, 3.8) is 0 Å². The van der Waals surface area contributed by atoms with Gasteiger partial charge in [-0.3, -0.25) is 0 Å². The molecule has 4 rings (SSSR count). The predicted molar refractivity (Wildman–Crippen MR) is 109 cm³/mol. The normalized spacial score (nSPS) is 23.3. The summed E-state index contributed by atoms with van der Waals surface area (Å²) in [4.78, 5) is 22.5. The number of aromatic nitrogens is 2. The van der Waals surface area contributed by atoms with Gasteiger partial charge in [0.05, 0.1) is 17.4 Å². The number of anilines is 1. The topological polar surface area (TPSA) is 106 Å². The van der Waals surface area contributed by atoms with Crippen LogP contribution in [0.4, 0.5) is 23.9 Å². The second kappa shape index (κ2) is 8.56. The number of urea groups is 1. The van der Waals surface area contributed by atoms with E-state index in [1.54, 1.807) is 18.5 Å². The minimum atomic E-state index is -4.44. The van der Waals surface area contributed by atoms with Crippen molar-refractivity contribution >= 4 is 23.8 Å². The first kappa shape index (κ1) is 21.1. The first-order valence-electron chi connectivity index (χ1n) is 10.2. The molecule has 2 aliphatic heterocycles. The van der Waals surface area contributed by atoms with Gasteiger partial charge in [-0.15, -0.1) is 0 Å². The number of hydrogen-bond acceptors (Lipinski definition) is 6. The maximum atomic E-state index is 12.4. The largest absolute Gasteiger partial charge is 0.405 e. The Kier molecular flexibility index (Phi) is 5.84. The molecule has 3 heterocycles. The van der Waals surface area contributed by atoms with Gasteiger partial charge >= 0.3 is 12.2 Å². The Hall–Kier alpha value is -3.11. The van der Waals surface area contributed by atoms with E-state index >= 15 is 0 Å². The smallest absolute Gasteiger partial charge is 0.386 e. The summed E-state index contributed by atoms with van der Waals surface area (Å²) in [6, 6.07) is 1.13. The molecule has 1 aromatic rings. The van der Waals surface area contributed by atoms with Gasteiger partial charge in [-0.25, -0.2) is 14.8 Å². The van der Waals surface area contributed by atoms with E-state index in [1.165, 1.54) is 11.1 Å². The third-order valence-corrected chi connectivity index (χ3v) is 5.52. The number of carbonyl (C=O) groups is 1. The quantitative estimate of drug-likeness (QED) is 0.493. The van der Waals surface area contributed by atoms with E-state index in [1.807, 2.05) is 11.4 Å². The summed E-state index contributed by atoms with van der Waals surface area (Å²) in [6.45, 7) is -1.34. The molecule has 2 bridgehead atoms. The van der Waals surface area contributed by atoms with Crippen molar-refractivity contribution in [3.8, 4) is 0 Å². The van der Waals surface area contributed by atoms with Crippen molar-refractivity contribution in [1.82, 2.24) is 25.5 Å². The Balaban J connectivity index is 1.44. The summed E-state index contributed by atoms with van der Waals surface area (Å²) in [5.41, 5.74) is 2.17. The summed E-state index contributed by atoms with van der Waals surface area (Å²) < 4.78 is 37.3. The molecule has 2 atom stereocenters. The van der Waals surface area contributed by atoms with Crippen molar-refractivity contribution in [3.05, 3.63) is 35.9 Å². The molecule has 1 saturated heterocycles. The van der Waals surface area contributed by atoms with Crippen LogP contribution in [-0.4, -0.2) is 58.0 Å². The number of halogens is 3. The average Bonchev–Trinajstić information content (AvgIpc) is 3.53. The second-order valence-electron chi connectivity index (χ2n) is 7.95. The van der Waals surface area contributed by atoms with Crippen molar-refractivity contribution in [2.75, 3.05) is 11.9 Å². The zero-order chi connectivity index (χ0) is 22.0. The number of rotatable bonds is 7. The molecule has 2 unspecified atom stereocenters. The highest BCUT2D eigenvalue weighted by atomic mass is 19.4. The molecule has 0 spiro atoms. The molecule has 2 amide bonds. The Bertz CT molecular complexity index is 910. The van der Waals surface area contributed by atoms with Crippen LogP contribution >= 0.6 is 0 Å². The number of allylic oxidation sites excluding steroid dienone is 1. The van der Waals surface area contributed by atoms with E-state index in [0.29, 0.717) is 36.2 Å². The minimum absolute atomic E-state index is 0.163. The maximum Gasteiger partial charge on any atom is 0.405 e. The maximum absolute atomic E-state index is 12.4. The number of alkyl halides is 3.